The molecule has 0 radical (unpaired) electrons. The van der Waals surface area contributed by atoms with Gasteiger partial charge in [0.25, 0.3) is 5.91 Å². The molecule has 1 amide bonds. The monoisotopic (exact) mass is 373 g/mol. The molecule has 5 nitrogen and oxygen atoms in total. The van der Waals surface area contributed by atoms with E-state index in [1.54, 1.807) is 30.6 Å². The van der Waals surface area contributed by atoms with Gasteiger partial charge in [-0.2, -0.15) is 0 Å². The Balaban J connectivity index is 1.49. The first kappa shape index (κ1) is 17.4. The number of aryl methyl sites for hydroxylation is 1. The van der Waals surface area contributed by atoms with Gasteiger partial charge in [-0.3, -0.25) is 9.78 Å². The second kappa shape index (κ2) is 8.09. The van der Waals surface area contributed by atoms with E-state index in [0.717, 1.165) is 21.8 Å². The summed E-state index contributed by atoms with van der Waals surface area (Å²) in [5.41, 5.74) is 2.68. The predicted molar refractivity (Wildman–Crippen MR) is 98.9 cm³/mol. The number of amides is 1. The predicted octanol–water partition coefficient (Wildman–Crippen LogP) is 3.86. The van der Waals surface area contributed by atoms with E-state index in [2.05, 4.69) is 15.3 Å². The van der Waals surface area contributed by atoms with Crippen LogP contribution in [0.4, 0.5) is 0 Å². The van der Waals surface area contributed by atoms with Crippen LogP contribution < -0.4 is 10.1 Å². The molecule has 0 fully saturated rings. The average molecular weight is 374 g/mol. The Morgan fingerprint density at radius 3 is 3.00 bits per heavy atom. The van der Waals surface area contributed by atoms with Crippen molar-refractivity contribution in [2.45, 2.75) is 13.5 Å². The molecule has 1 N–H and O–H groups in total. The Morgan fingerprint density at radius 1 is 1.36 bits per heavy atom. The molecule has 0 saturated heterocycles. The molecule has 25 heavy (non-hydrogen) atoms. The van der Waals surface area contributed by atoms with Crippen molar-refractivity contribution in [3.63, 3.8) is 0 Å². The maximum Gasteiger partial charge on any atom is 0.258 e. The number of rotatable bonds is 6. The Kier molecular flexibility index (Phi) is 5.63. The minimum absolute atomic E-state index is 0.0549. The molecule has 3 rings (SSSR count). The fourth-order valence-electron chi connectivity index (χ4n) is 2.11. The van der Waals surface area contributed by atoms with Crippen molar-refractivity contribution in [3.05, 3.63) is 64.4 Å². The van der Waals surface area contributed by atoms with E-state index in [9.17, 15) is 4.79 Å². The summed E-state index contributed by atoms with van der Waals surface area (Å²) >= 11 is 7.48. The molecular formula is C18H16ClN3O2S. The van der Waals surface area contributed by atoms with Crippen molar-refractivity contribution < 1.29 is 9.53 Å². The first-order valence-corrected chi connectivity index (χ1v) is 8.88. The lowest BCUT2D eigenvalue weighted by Crippen LogP contribution is -2.28. The molecule has 0 atom stereocenters. The van der Waals surface area contributed by atoms with Crippen LogP contribution in [0.3, 0.4) is 0 Å². The van der Waals surface area contributed by atoms with Gasteiger partial charge in [-0.05, 0) is 42.8 Å². The number of hydrogen-bond donors (Lipinski definition) is 1. The molecule has 0 aliphatic rings. The number of halogens is 1. The van der Waals surface area contributed by atoms with Crippen LogP contribution in [0.2, 0.25) is 5.02 Å². The molecule has 2 heterocycles. The molecule has 0 bridgehead atoms. The van der Waals surface area contributed by atoms with Crippen LogP contribution in [-0.2, 0) is 11.3 Å². The molecule has 3 aromatic rings. The second-order valence-electron chi connectivity index (χ2n) is 5.36. The van der Waals surface area contributed by atoms with Crippen LogP contribution in [0.1, 0.15) is 11.3 Å². The highest BCUT2D eigenvalue weighted by molar-refractivity contribution is 7.13. The number of nitrogens with one attached hydrogen (secondary N) is 1. The Morgan fingerprint density at radius 2 is 2.24 bits per heavy atom. The summed E-state index contributed by atoms with van der Waals surface area (Å²) in [6.07, 6.45) is 3.49. The third-order valence-electron chi connectivity index (χ3n) is 3.43. The maximum absolute atomic E-state index is 11.9. The highest BCUT2D eigenvalue weighted by Gasteiger charge is 2.08. The zero-order chi connectivity index (χ0) is 17.6. The lowest BCUT2D eigenvalue weighted by atomic mass is 10.2. The molecule has 0 spiro atoms. The van der Waals surface area contributed by atoms with Gasteiger partial charge in [-0.1, -0.05) is 11.6 Å². The van der Waals surface area contributed by atoms with E-state index in [0.29, 0.717) is 17.3 Å². The van der Waals surface area contributed by atoms with Crippen LogP contribution >= 0.6 is 22.9 Å². The number of benzene rings is 1. The Bertz CT molecular complexity index is 868. The first-order valence-electron chi connectivity index (χ1n) is 7.62. The molecule has 0 unspecified atom stereocenters. The van der Waals surface area contributed by atoms with E-state index in [1.165, 1.54) is 11.3 Å². The van der Waals surface area contributed by atoms with E-state index in [-0.39, 0.29) is 12.5 Å². The largest absolute Gasteiger partial charge is 0.484 e. The van der Waals surface area contributed by atoms with Gasteiger partial charge in [-0.25, -0.2) is 4.98 Å². The topological polar surface area (TPSA) is 64.1 Å². The van der Waals surface area contributed by atoms with Gasteiger partial charge in [0.15, 0.2) is 6.61 Å². The van der Waals surface area contributed by atoms with Gasteiger partial charge in [-0.15, -0.1) is 11.3 Å². The summed E-state index contributed by atoms with van der Waals surface area (Å²) < 4.78 is 5.47. The third-order valence-corrected chi connectivity index (χ3v) is 4.79. The zero-order valence-corrected chi connectivity index (χ0v) is 15.1. The van der Waals surface area contributed by atoms with Gasteiger partial charge in [0.05, 0.1) is 12.2 Å². The zero-order valence-electron chi connectivity index (χ0n) is 13.5. The Labute approximate surface area is 154 Å². The van der Waals surface area contributed by atoms with Crippen LogP contribution in [-0.4, -0.2) is 22.5 Å². The minimum Gasteiger partial charge on any atom is -0.484 e. The number of nitrogens with zero attached hydrogens (tertiary/aromatic N) is 2. The van der Waals surface area contributed by atoms with Crippen molar-refractivity contribution in [1.29, 1.82) is 0 Å². The molecular weight excluding hydrogens is 358 g/mol. The van der Waals surface area contributed by atoms with Crippen LogP contribution in [0, 0.1) is 6.92 Å². The smallest absolute Gasteiger partial charge is 0.258 e. The van der Waals surface area contributed by atoms with E-state index in [4.69, 9.17) is 16.3 Å². The highest BCUT2D eigenvalue weighted by atomic mass is 35.5. The van der Waals surface area contributed by atoms with Gasteiger partial charge >= 0.3 is 0 Å². The SMILES string of the molecule is Cc1cc(OCC(=O)NCc2csc(-c3cccnc3)n2)ccc1Cl. The summed E-state index contributed by atoms with van der Waals surface area (Å²) in [4.78, 5) is 20.5. The summed E-state index contributed by atoms with van der Waals surface area (Å²) in [7, 11) is 0. The number of aromatic nitrogens is 2. The van der Waals surface area contributed by atoms with Gasteiger partial charge < -0.3 is 10.1 Å². The highest BCUT2D eigenvalue weighted by Crippen LogP contribution is 2.23. The van der Waals surface area contributed by atoms with Crippen molar-refractivity contribution in [1.82, 2.24) is 15.3 Å². The van der Waals surface area contributed by atoms with Crippen molar-refractivity contribution in [2.24, 2.45) is 0 Å². The minimum atomic E-state index is -0.205. The molecule has 0 aliphatic heterocycles. The van der Waals surface area contributed by atoms with E-state index >= 15 is 0 Å². The van der Waals surface area contributed by atoms with Gasteiger partial charge in [0, 0.05) is 28.4 Å². The standard InChI is InChI=1S/C18H16ClN3O2S/c1-12-7-15(4-5-16(12)19)24-10-17(23)21-9-14-11-25-18(22-14)13-3-2-6-20-8-13/h2-8,11H,9-10H2,1H3,(H,21,23). The fraction of sp³-hybridized carbons (Fsp3) is 0.167. The van der Waals surface area contributed by atoms with Crippen LogP contribution in [0.25, 0.3) is 10.6 Å². The molecule has 128 valence electrons. The number of thiazole rings is 1. The third kappa shape index (κ3) is 4.78. The van der Waals surface area contributed by atoms with Gasteiger partial charge in [0.2, 0.25) is 0 Å². The number of pyridine rings is 1. The lowest BCUT2D eigenvalue weighted by molar-refractivity contribution is -0.123. The number of carbonyl (C=O) groups is 1. The average Bonchev–Trinajstić information content (AvgIpc) is 3.11. The van der Waals surface area contributed by atoms with Crippen molar-refractivity contribution >= 4 is 28.8 Å². The van der Waals surface area contributed by atoms with Crippen LogP contribution in [0.15, 0.2) is 48.1 Å². The van der Waals surface area contributed by atoms with Crippen LogP contribution in [0.5, 0.6) is 5.75 Å². The molecule has 2 aromatic heterocycles. The number of hydrogen-bond acceptors (Lipinski definition) is 5. The van der Waals surface area contributed by atoms with E-state index < -0.39 is 0 Å². The molecule has 1 aromatic carbocycles. The number of ether oxygens (including phenoxy) is 1. The Hall–Kier alpha value is -2.44. The number of carbonyl (C=O) groups excluding carboxylic acids is 1. The van der Waals surface area contributed by atoms with E-state index in [1.807, 2.05) is 24.4 Å². The maximum atomic E-state index is 11.9. The van der Waals surface area contributed by atoms with Gasteiger partial charge in [0.1, 0.15) is 10.8 Å². The normalized spacial score (nSPS) is 10.5. The molecule has 7 heteroatoms. The molecule has 0 aliphatic carbocycles. The van der Waals surface area contributed by atoms with Crippen molar-refractivity contribution in [3.8, 4) is 16.3 Å². The quantitative estimate of drug-likeness (QED) is 0.712. The second-order valence-corrected chi connectivity index (χ2v) is 6.63. The lowest BCUT2D eigenvalue weighted by Gasteiger charge is -2.08. The summed E-state index contributed by atoms with van der Waals surface area (Å²) in [5.74, 6) is 0.410. The summed E-state index contributed by atoms with van der Waals surface area (Å²) in [6.45, 7) is 2.19. The summed E-state index contributed by atoms with van der Waals surface area (Å²) in [6, 6.07) is 9.11. The fourth-order valence-corrected chi connectivity index (χ4v) is 3.03. The van der Waals surface area contributed by atoms with Crippen molar-refractivity contribution in [2.75, 3.05) is 6.61 Å². The first-order chi connectivity index (χ1) is 12.1. The summed E-state index contributed by atoms with van der Waals surface area (Å²) in [5, 5.41) is 6.27. The molecule has 0 saturated carbocycles.